The molecule has 20 heavy (non-hydrogen) atoms. The molecule has 1 aromatic rings. The lowest BCUT2D eigenvalue weighted by Gasteiger charge is -2.12. The number of carbonyl (C=O) groups is 3. The van der Waals surface area contributed by atoms with E-state index in [4.69, 9.17) is 0 Å². The molecule has 0 fully saturated rings. The summed E-state index contributed by atoms with van der Waals surface area (Å²) in [6.07, 6.45) is -1.30. The Labute approximate surface area is 113 Å². The third kappa shape index (κ3) is 4.30. The van der Waals surface area contributed by atoms with Crippen LogP contribution in [0.2, 0.25) is 0 Å². The Bertz CT molecular complexity index is 528. The number of amides is 3. The van der Waals surface area contributed by atoms with Crippen LogP contribution in [0, 0.1) is 11.6 Å². The Morgan fingerprint density at radius 1 is 1.15 bits per heavy atom. The van der Waals surface area contributed by atoms with E-state index >= 15 is 0 Å². The average molecular weight is 286 g/mol. The Morgan fingerprint density at radius 3 is 2.20 bits per heavy atom. The minimum Gasteiger partial charge on any atom is -0.449 e. The van der Waals surface area contributed by atoms with Crippen molar-refractivity contribution in [3.05, 3.63) is 35.4 Å². The van der Waals surface area contributed by atoms with Gasteiger partial charge >= 0.3 is 12.0 Å². The fourth-order valence-corrected chi connectivity index (χ4v) is 1.23. The molecule has 1 atom stereocenters. The maximum atomic E-state index is 12.9. The van der Waals surface area contributed by atoms with Crippen LogP contribution in [-0.2, 0) is 9.53 Å². The number of imide groups is 1. The van der Waals surface area contributed by atoms with Crippen molar-refractivity contribution in [1.29, 1.82) is 0 Å². The number of rotatable bonds is 3. The highest BCUT2D eigenvalue weighted by molar-refractivity contribution is 5.98. The van der Waals surface area contributed by atoms with Gasteiger partial charge in [0, 0.05) is 13.1 Å². The predicted molar refractivity (Wildman–Crippen MR) is 63.8 cm³/mol. The first-order valence-electron chi connectivity index (χ1n) is 5.53. The summed E-state index contributed by atoms with van der Waals surface area (Å²) in [5.41, 5.74) is -0.373. The van der Waals surface area contributed by atoms with Crippen LogP contribution in [0.15, 0.2) is 18.2 Å². The second kappa shape index (κ2) is 6.60. The van der Waals surface area contributed by atoms with Crippen molar-refractivity contribution >= 4 is 17.9 Å². The van der Waals surface area contributed by atoms with Crippen LogP contribution in [0.4, 0.5) is 13.6 Å². The molecule has 0 aliphatic heterocycles. The molecule has 3 amide bonds. The van der Waals surface area contributed by atoms with E-state index in [2.05, 4.69) is 10.1 Å². The molecule has 108 valence electrons. The third-order valence-corrected chi connectivity index (χ3v) is 2.22. The minimum atomic E-state index is -1.30. The van der Waals surface area contributed by atoms with Crippen LogP contribution in [0.25, 0.3) is 0 Å². The van der Waals surface area contributed by atoms with E-state index < -0.39 is 35.6 Å². The fourth-order valence-electron chi connectivity index (χ4n) is 1.23. The van der Waals surface area contributed by atoms with Gasteiger partial charge in [0.05, 0.1) is 5.56 Å². The molecule has 2 N–H and O–H groups in total. The van der Waals surface area contributed by atoms with Gasteiger partial charge in [-0.3, -0.25) is 10.1 Å². The Hall–Kier alpha value is -2.51. The molecule has 0 saturated carbocycles. The normalized spacial score (nSPS) is 11.4. The average Bonchev–Trinajstić information content (AvgIpc) is 2.37. The van der Waals surface area contributed by atoms with Crippen molar-refractivity contribution in [2.45, 2.75) is 13.0 Å². The van der Waals surface area contributed by atoms with E-state index in [1.54, 1.807) is 0 Å². The highest BCUT2D eigenvalue weighted by Gasteiger charge is 2.21. The summed E-state index contributed by atoms with van der Waals surface area (Å²) in [5, 5.41) is 4.03. The SMILES string of the molecule is CNC(=O)NC(=O)[C@@H](C)OC(=O)c1cc(F)cc(F)c1. The summed E-state index contributed by atoms with van der Waals surface area (Å²) in [5.74, 6) is -3.84. The van der Waals surface area contributed by atoms with E-state index in [0.29, 0.717) is 6.07 Å². The van der Waals surface area contributed by atoms with E-state index in [0.717, 1.165) is 12.1 Å². The fraction of sp³-hybridized carbons (Fsp3) is 0.250. The highest BCUT2D eigenvalue weighted by atomic mass is 19.1. The third-order valence-electron chi connectivity index (χ3n) is 2.22. The van der Waals surface area contributed by atoms with Gasteiger partial charge in [-0.1, -0.05) is 0 Å². The molecule has 0 spiro atoms. The molecule has 0 aliphatic rings. The van der Waals surface area contributed by atoms with Gasteiger partial charge in [-0.05, 0) is 19.1 Å². The lowest BCUT2D eigenvalue weighted by molar-refractivity contribution is -0.127. The maximum Gasteiger partial charge on any atom is 0.339 e. The van der Waals surface area contributed by atoms with E-state index in [1.807, 2.05) is 5.32 Å². The summed E-state index contributed by atoms with van der Waals surface area (Å²) >= 11 is 0. The zero-order valence-corrected chi connectivity index (χ0v) is 10.7. The van der Waals surface area contributed by atoms with E-state index in [-0.39, 0.29) is 5.56 Å². The molecule has 6 nitrogen and oxygen atoms in total. The quantitative estimate of drug-likeness (QED) is 0.811. The largest absolute Gasteiger partial charge is 0.449 e. The summed E-state index contributed by atoms with van der Waals surface area (Å²) in [7, 11) is 1.30. The van der Waals surface area contributed by atoms with Crippen LogP contribution in [0.3, 0.4) is 0 Å². The molecule has 8 heteroatoms. The van der Waals surface area contributed by atoms with Gasteiger partial charge in [0.15, 0.2) is 6.10 Å². The van der Waals surface area contributed by atoms with Crippen LogP contribution < -0.4 is 10.6 Å². The molecule has 0 radical (unpaired) electrons. The molecule has 0 aliphatic carbocycles. The molecule has 0 saturated heterocycles. The van der Waals surface area contributed by atoms with Gasteiger partial charge in [0.1, 0.15) is 11.6 Å². The number of carbonyl (C=O) groups excluding carboxylic acids is 3. The van der Waals surface area contributed by atoms with Gasteiger partial charge in [-0.25, -0.2) is 18.4 Å². The summed E-state index contributed by atoms with van der Waals surface area (Å²) < 4.78 is 30.5. The minimum absolute atomic E-state index is 0.373. The summed E-state index contributed by atoms with van der Waals surface area (Å²) in [6.45, 7) is 1.21. The number of ether oxygens (including phenoxy) is 1. The second-order valence-electron chi connectivity index (χ2n) is 3.77. The van der Waals surface area contributed by atoms with Crippen molar-refractivity contribution < 1.29 is 27.9 Å². The van der Waals surface area contributed by atoms with Crippen molar-refractivity contribution in [2.24, 2.45) is 0 Å². The number of hydrogen-bond donors (Lipinski definition) is 2. The van der Waals surface area contributed by atoms with Gasteiger partial charge in [0.25, 0.3) is 5.91 Å². The number of halogens is 2. The Balaban J connectivity index is 2.70. The van der Waals surface area contributed by atoms with Crippen LogP contribution >= 0.6 is 0 Å². The molecule has 0 heterocycles. The topological polar surface area (TPSA) is 84.5 Å². The van der Waals surface area contributed by atoms with Crippen molar-refractivity contribution in [1.82, 2.24) is 10.6 Å². The first-order chi connectivity index (χ1) is 9.33. The molecule has 1 aromatic carbocycles. The van der Waals surface area contributed by atoms with Crippen LogP contribution in [0.5, 0.6) is 0 Å². The standard InChI is InChI=1S/C12H12F2N2O4/c1-6(10(17)16-12(19)15-2)20-11(18)7-3-8(13)5-9(14)4-7/h3-6H,1-2H3,(H2,15,16,17,19)/t6-/m1/s1. The summed E-state index contributed by atoms with van der Waals surface area (Å²) in [4.78, 5) is 33.9. The molecule has 0 unspecified atom stereocenters. The second-order valence-corrected chi connectivity index (χ2v) is 3.77. The number of urea groups is 1. The molecule has 0 bridgehead atoms. The highest BCUT2D eigenvalue weighted by Crippen LogP contribution is 2.10. The zero-order chi connectivity index (χ0) is 15.3. The van der Waals surface area contributed by atoms with Gasteiger partial charge in [0.2, 0.25) is 0 Å². The van der Waals surface area contributed by atoms with Crippen LogP contribution in [-0.4, -0.2) is 31.1 Å². The zero-order valence-electron chi connectivity index (χ0n) is 10.7. The Morgan fingerprint density at radius 2 is 1.70 bits per heavy atom. The smallest absolute Gasteiger partial charge is 0.339 e. The number of esters is 1. The van der Waals surface area contributed by atoms with E-state index in [1.165, 1.54) is 14.0 Å². The first kappa shape index (κ1) is 15.5. The van der Waals surface area contributed by atoms with Crippen LogP contribution in [0.1, 0.15) is 17.3 Å². The lowest BCUT2D eigenvalue weighted by atomic mass is 10.2. The lowest BCUT2D eigenvalue weighted by Crippen LogP contribution is -2.43. The molecule has 1 rings (SSSR count). The van der Waals surface area contributed by atoms with Crippen molar-refractivity contribution in [3.63, 3.8) is 0 Å². The monoisotopic (exact) mass is 286 g/mol. The van der Waals surface area contributed by atoms with Gasteiger partial charge < -0.3 is 10.1 Å². The maximum absolute atomic E-state index is 12.9. The Kier molecular flexibility index (Phi) is 5.13. The van der Waals surface area contributed by atoms with Gasteiger partial charge in [-0.2, -0.15) is 0 Å². The van der Waals surface area contributed by atoms with Crippen molar-refractivity contribution in [3.8, 4) is 0 Å². The van der Waals surface area contributed by atoms with Gasteiger partial charge in [-0.15, -0.1) is 0 Å². The summed E-state index contributed by atoms with van der Waals surface area (Å²) in [6, 6.07) is 1.37. The molecular formula is C12H12F2N2O4. The molecular weight excluding hydrogens is 274 g/mol. The number of nitrogens with one attached hydrogen (secondary N) is 2. The van der Waals surface area contributed by atoms with E-state index in [9.17, 15) is 23.2 Å². The number of benzene rings is 1. The van der Waals surface area contributed by atoms with Crippen molar-refractivity contribution in [2.75, 3.05) is 7.05 Å². The number of hydrogen-bond acceptors (Lipinski definition) is 4. The first-order valence-corrected chi connectivity index (χ1v) is 5.53. The molecule has 0 aromatic heterocycles. The predicted octanol–water partition coefficient (Wildman–Crippen LogP) is 0.966.